The molecule has 0 aliphatic heterocycles. The molecule has 9 heteroatoms. The Kier molecular flexibility index (Phi) is 5.43. The predicted molar refractivity (Wildman–Crippen MR) is 93.6 cm³/mol. The minimum absolute atomic E-state index is 0.0614. The van der Waals surface area contributed by atoms with Gasteiger partial charge in [0.15, 0.2) is 5.69 Å². The van der Waals surface area contributed by atoms with Crippen molar-refractivity contribution in [2.75, 3.05) is 5.32 Å². The second-order valence-electron chi connectivity index (χ2n) is 5.67. The number of halogens is 1. The summed E-state index contributed by atoms with van der Waals surface area (Å²) in [5, 5.41) is 11.2. The molecule has 130 valence electrons. The second kappa shape index (κ2) is 7.16. The van der Waals surface area contributed by atoms with Gasteiger partial charge in [-0.15, -0.1) is 0 Å². The summed E-state index contributed by atoms with van der Waals surface area (Å²) in [4.78, 5) is 23.9. The molecule has 0 aromatic carbocycles. The van der Waals surface area contributed by atoms with E-state index in [4.69, 9.17) is 5.73 Å². The molecule has 0 radical (unpaired) electrons. The molecular weight excluding hydrogens is 376 g/mol. The fraction of sp³-hybridized carbons (Fsp3) is 0.467. The minimum Gasteiger partial charge on any atom is -0.364 e. The highest BCUT2D eigenvalue weighted by Gasteiger charge is 2.21. The molecule has 1 atom stereocenters. The smallest absolute Gasteiger partial charge is 0.271 e. The van der Waals surface area contributed by atoms with Crippen LogP contribution >= 0.6 is 15.9 Å². The van der Waals surface area contributed by atoms with Crippen LogP contribution in [0.25, 0.3) is 0 Å². The molecular formula is C15H21BrN6O2. The number of nitrogens with one attached hydrogen (secondary N) is 1. The standard InChI is InChI=1S/C15H21BrN6O2/c1-5-21-7-11(13(20-21)14(17)23)18-15(24)8(2)6-22-10(4)12(16)9(3)19-22/h7-8H,5-6H2,1-4H3,(H2,17,23)(H,18,24). The van der Waals surface area contributed by atoms with Crippen LogP contribution in [0.2, 0.25) is 0 Å². The molecule has 0 aliphatic carbocycles. The average molecular weight is 397 g/mol. The third-order valence-electron chi connectivity index (χ3n) is 3.76. The van der Waals surface area contributed by atoms with Gasteiger partial charge in [-0.25, -0.2) is 0 Å². The number of aryl methyl sites for hydroxylation is 2. The number of carbonyl (C=O) groups is 2. The van der Waals surface area contributed by atoms with Crippen LogP contribution in [-0.2, 0) is 17.9 Å². The van der Waals surface area contributed by atoms with E-state index in [2.05, 4.69) is 31.4 Å². The van der Waals surface area contributed by atoms with Gasteiger partial charge in [-0.2, -0.15) is 10.2 Å². The van der Waals surface area contributed by atoms with Crippen molar-refractivity contribution in [2.45, 2.75) is 40.8 Å². The largest absolute Gasteiger partial charge is 0.364 e. The molecule has 2 heterocycles. The van der Waals surface area contributed by atoms with Gasteiger partial charge in [-0.3, -0.25) is 19.0 Å². The molecule has 0 bridgehead atoms. The summed E-state index contributed by atoms with van der Waals surface area (Å²) in [5.74, 6) is -1.25. The highest BCUT2D eigenvalue weighted by atomic mass is 79.9. The number of rotatable bonds is 6. The van der Waals surface area contributed by atoms with Crippen molar-refractivity contribution in [3.05, 3.63) is 27.8 Å². The molecule has 8 nitrogen and oxygen atoms in total. The van der Waals surface area contributed by atoms with Gasteiger partial charge in [0, 0.05) is 18.4 Å². The number of nitrogens with two attached hydrogens (primary N) is 1. The zero-order valence-electron chi connectivity index (χ0n) is 14.1. The van der Waals surface area contributed by atoms with Gasteiger partial charge >= 0.3 is 0 Å². The Labute approximate surface area is 148 Å². The van der Waals surface area contributed by atoms with Crippen LogP contribution in [0.15, 0.2) is 10.7 Å². The lowest BCUT2D eigenvalue weighted by atomic mass is 10.1. The van der Waals surface area contributed by atoms with Crippen LogP contribution in [0.1, 0.15) is 35.7 Å². The first-order valence-corrected chi connectivity index (χ1v) is 8.41. The van der Waals surface area contributed by atoms with E-state index in [0.29, 0.717) is 18.8 Å². The van der Waals surface area contributed by atoms with E-state index >= 15 is 0 Å². The van der Waals surface area contributed by atoms with Crippen LogP contribution in [0, 0.1) is 19.8 Å². The van der Waals surface area contributed by atoms with E-state index in [0.717, 1.165) is 15.9 Å². The number of anilines is 1. The third-order valence-corrected chi connectivity index (χ3v) is 4.91. The zero-order valence-corrected chi connectivity index (χ0v) is 15.7. The maximum absolute atomic E-state index is 12.4. The molecule has 0 aliphatic rings. The maximum atomic E-state index is 12.4. The van der Waals surface area contributed by atoms with Crippen LogP contribution < -0.4 is 11.1 Å². The van der Waals surface area contributed by atoms with Gasteiger partial charge < -0.3 is 11.1 Å². The molecule has 2 rings (SSSR count). The van der Waals surface area contributed by atoms with E-state index in [1.807, 2.05) is 20.8 Å². The second-order valence-corrected chi connectivity index (χ2v) is 6.46. The van der Waals surface area contributed by atoms with Crippen LogP contribution in [0.3, 0.4) is 0 Å². The van der Waals surface area contributed by atoms with Gasteiger partial charge in [-0.1, -0.05) is 6.92 Å². The molecule has 0 saturated heterocycles. The molecule has 2 aromatic heterocycles. The molecule has 2 aromatic rings. The lowest BCUT2D eigenvalue weighted by Crippen LogP contribution is -2.26. The molecule has 0 saturated carbocycles. The number of carbonyl (C=O) groups excluding carboxylic acids is 2. The molecule has 2 amide bonds. The quantitative estimate of drug-likeness (QED) is 0.776. The minimum atomic E-state index is -0.673. The van der Waals surface area contributed by atoms with E-state index in [1.165, 1.54) is 0 Å². The lowest BCUT2D eigenvalue weighted by Gasteiger charge is -2.13. The van der Waals surface area contributed by atoms with E-state index in [9.17, 15) is 9.59 Å². The highest BCUT2D eigenvalue weighted by Crippen LogP contribution is 2.21. The Morgan fingerprint density at radius 1 is 1.38 bits per heavy atom. The number of hydrogen-bond donors (Lipinski definition) is 2. The Hall–Kier alpha value is -2.16. The molecule has 3 N–H and O–H groups in total. The maximum Gasteiger partial charge on any atom is 0.271 e. The summed E-state index contributed by atoms with van der Waals surface area (Å²) in [5.41, 5.74) is 7.54. The number of hydrogen-bond acceptors (Lipinski definition) is 4. The van der Waals surface area contributed by atoms with Crippen molar-refractivity contribution in [3.8, 4) is 0 Å². The van der Waals surface area contributed by atoms with Crippen LogP contribution in [0.4, 0.5) is 5.69 Å². The number of nitrogens with zero attached hydrogens (tertiary/aromatic N) is 4. The average Bonchev–Trinajstić information content (AvgIpc) is 3.04. The predicted octanol–water partition coefficient (Wildman–Crippen LogP) is 1.85. The van der Waals surface area contributed by atoms with Crippen LogP contribution in [0.5, 0.6) is 0 Å². The van der Waals surface area contributed by atoms with Gasteiger partial charge in [-0.05, 0) is 36.7 Å². The fourth-order valence-corrected chi connectivity index (χ4v) is 2.59. The molecule has 24 heavy (non-hydrogen) atoms. The number of primary amides is 1. The SMILES string of the molecule is CCn1cc(NC(=O)C(C)Cn2nc(C)c(Br)c2C)c(C(N)=O)n1. The number of aromatic nitrogens is 4. The van der Waals surface area contributed by atoms with Gasteiger partial charge in [0.2, 0.25) is 5.91 Å². The van der Waals surface area contributed by atoms with Crippen LogP contribution in [-0.4, -0.2) is 31.4 Å². The van der Waals surface area contributed by atoms with Crippen molar-refractivity contribution in [1.29, 1.82) is 0 Å². The van der Waals surface area contributed by atoms with Crippen molar-refractivity contribution in [3.63, 3.8) is 0 Å². The van der Waals surface area contributed by atoms with Crippen molar-refractivity contribution in [1.82, 2.24) is 19.6 Å². The molecule has 0 fully saturated rings. The Balaban J connectivity index is 2.13. The van der Waals surface area contributed by atoms with E-state index < -0.39 is 5.91 Å². The zero-order chi connectivity index (χ0) is 18.0. The lowest BCUT2D eigenvalue weighted by molar-refractivity contribution is -0.119. The summed E-state index contributed by atoms with van der Waals surface area (Å²) in [6.45, 7) is 8.52. The summed E-state index contributed by atoms with van der Waals surface area (Å²) < 4.78 is 4.28. The first-order valence-electron chi connectivity index (χ1n) is 7.62. The van der Waals surface area contributed by atoms with Gasteiger partial charge in [0.25, 0.3) is 5.91 Å². The summed E-state index contributed by atoms with van der Waals surface area (Å²) in [7, 11) is 0. The first-order chi connectivity index (χ1) is 11.2. The summed E-state index contributed by atoms with van der Waals surface area (Å²) >= 11 is 3.47. The van der Waals surface area contributed by atoms with Gasteiger partial charge in [0.05, 0.1) is 28.3 Å². The Morgan fingerprint density at radius 3 is 2.54 bits per heavy atom. The monoisotopic (exact) mass is 396 g/mol. The molecule has 0 spiro atoms. The molecule has 1 unspecified atom stereocenters. The highest BCUT2D eigenvalue weighted by molar-refractivity contribution is 9.10. The summed E-state index contributed by atoms with van der Waals surface area (Å²) in [6.07, 6.45) is 1.60. The van der Waals surface area contributed by atoms with Crippen molar-refractivity contribution < 1.29 is 9.59 Å². The van der Waals surface area contributed by atoms with Crippen molar-refractivity contribution in [2.24, 2.45) is 11.7 Å². The Bertz CT molecular complexity index is 779. The Morgan fingerprint density at radius 2 is 2.04 bits per heavy atom. The van der Waals surface area contributed by atoms with E-state index in [-0.39, 0.29) is 17.5 Å². The number of amides is 2. The topological polar surface area (TPSA) is 108 Å². The first kappa shape index (κ1) is 18.2. The van der Waals surface area contributed by atoms with Crippen molar-refractivity contribution >= 4 is 33.4 Å². The summed E-state index contributed by atoms with van der Waals surface area (Å²) in [6, 6.07) is 0. The van der Waals surface area contributed by atoms with Gasteiger partial charge in [0.1, 0.15) is 0 Å². The van der Waals surface area contributed by atoms with E-state index in [1.54, 1.807) is 22.5 Å². The third kappa shape index (κ3) is 3.66. The fourth-order valence-electron chi connectivity index (χ4n) is 2.31. The normalized spacial score (nSPS) is 12.2.